The fraction of sp³-hybridized carbons (Fsp3) is 0.216. The molecule has 0 spiro atoms. The first-order valence-corrected chi connectivity index (χ1v) is 43.0. The molecule has 0 atom stereocenters. The minimum atomic E-state index is -0.249. The van der Waals surface area contributed by atoms with Crippen LogP contribution in [-0.2, 0) is 49.9 Å². The molecule has 0 amide bonds. The largest absolute Gasteiger partial charge is 0.455 e. The van der Waals surface area contributed by atoms with Gasteiger partial charge in [0.25, 0.3) is 0 Å². The average molecular weight is 1620 g/mol. The molecule has 24 rings (SSSR count). The van der Waals surface area contributed by atoms with Crippen molar-refractivity contribution in [1.29, 1.82) is 0 Å². The first-order chi connectivity index (χ1) is 59.4. The number of hydrogen-bond donors (Lipinski definition) is 0. The quantitative estimate of drug-likeness (QED) is 0.158. The Balaban J connectivity index is 0.000000101. The summed E-state index contributed by atoms with van der Waals surface area (Å²) < 4.78 is 35.0. The third kappa shape index (κ3) is 11.6. The summed E-state index contributed by atoms with van der Waals surface area (Å²) >= 11 is 0. The van der Waals surface area contributed by atoms with Crippen molar-refractivity contribution >= 4 is 88.0 Å². The molecule has 4 aliphatic carbocycles. The molecule has 0 saturated heterocycles. The van der Waals surface area contributed by atoms with Crippen LogP contribution in [0, 0.1) is 55.4 Å². The second-order valence-electron chi connectivity index (χ2n) is 37.2. The highest BCUT2D eigenvalue weighted by molar-refractivity contribution is 6.15. The van der Waals surface area contributed by atoms with E-state index in [9.17, 15) is 0 Å². The predicted molar refractivity (Wildman–Crippen MR) is 498 cm³/mol. The number of pyridine rings is 9. The van der Waals surface area contributed by atoms with Gasteiger partial charge in [0.05, 0.1) is 56.1 Å². The first kappa shape index (κ1) is 77.4. The fourth-order valence-electron chi connectivity index (χ4n) is 21.1. The number of hydrogen-bond acceptors (Lipinski definition) is 9. The highest BCUT2D eigenvalue weighted by atomic mass is 16.3. The SMILES string of the molecule is Cc1ccc(-c2c(C)ccc3c2oc2c4c(ccc23)-c2cccnc2C4(C)C)[n+](C)c1.Cc1ccc(-c2c(C)ccc3c2oc2cc4c(cc23)C(C)(C)c2ncccc2-4)[n+](C)c1.Cc1ccc(-c2c(C)ccc3c2oc2nc4c(cc23)-c2cccnc2C4(C)C)[n+](C)c1.Cc1ccc(-c2c(C)ccc3c2oc2nc4c(cc23)C(C)(C)c2ccccc2-4)[n+](C)c1. The van der Waals surface area contributed by atoms with Gasteiger partial charge in [0.1, 0.15) is 50.5 Å². The summed E-state index contributed by atoms with van der Waals surface area (Å²) in [7, 11) is 8.38. The van der Waals surface area contributed by atoms with E-state index in [0.29, 0.717) is 11.4 Å². The topological polar surface area (TPSA) is 133 Å². The molecule has 20 aromatic rings. The van der Waals surface area contributed by atoms with E-state index in [1.54, 1.807) is 0 Å². The minimum absolute atomic E-state index is 0.0758. The fourth-order valence-corrected chi connectivity index (χ4v) is 21.1. The molecule has 0 saturated carbocycles. The van der Waals surface area contributed by atoms with Gasteiger partial charge in [-0.05, 0) is 206 Å². The van der Waals surface area contributed by atoms with Gasteiger partial charge in [-0.2, -0.15) is 0 Å². The number of fused-ring (bicyclic) bond motifs is 25. The van der Waals surface area contributed by atoms with Crippen LogP contribution < -0.4 is 18.3 Å². The summed E-state index contributed by atoms with van der Waals surface area (Å²) in [5, 5.41) is 9.04. The Morgan fingerprint density at radius 1 is 0.266 bits per heavy atom. The zero-order valence-corrected chi connectivity index (χ0v) is 74.2. The van der Waals surface area contributed by atoms with E-state index in [1.807, 2.05) is 36.8 Å². The van der Waals surface area contributed by atoms with E-state index in [1.165, 1.54) is 122 Å². The Kier molecular flexibility index (Phi) is 17.4. The smallest absolute Gasteiger partial charge is 0.227 e. The molecule has 0 aliphatic heterocycles. The molecule has 13 heteroatoms. The summed E-state index contributed by atoms with van der Waals surface area (Å²) in [6.07, 6.45) is 14.3. The van der Waals surface area contributed by atoms with Gasteiger partial charge in [-0.1, -0.05) is 125 Å². The molecule has 0 bridgehead atoms. The van der Waals surface area contributed by atoms with Crippen LogP contribution in [0.4, 0.5) is 0 Å². The maximum absolute atomic E-state index is 6.77. The lowest BCUT2D eigenvalue weighted by Gasteiger charge is -2.20. The summed E-state index contributed by atoms with van der Waals surface area (Å²) in [6, 6.07) is 69.6. The van der Waals surface area contributed by atoms with Crippen molar-refractivity contribution in [2.45, 2.75) is 132 Å². The second-order valence-corrected chi connectivity index (χ2v) is 37.2. The Morgan fingerprint density at radius 2 is 0.653 bits per heavy atom. The molecule has 13 heterocycles. The standard InChI is InChI=1S/3C28H25N2O.C27H24N3O/c1-16-8-13-22(30(5)15-16)23-17(2)9-10-19-20-12-11-18-21-7-6-14-29-27(21)28(3,4)24(18)26(20)31-25(19)23;1-16-8-11-23(30(5)15-16)25-17(2)9-10-18-21-13-22-20(14-24(21)31-26(18)25)19-7-6-12-29-27(19)28(22,3)4;1-16-10-13-23(30(5)15-16)24-17(2)11-12-18-20-14-22-25(29-27(20)31-26(18)24)19-8-6-7-9-21(19)28(22,3)4;1-15-8-11-21(30(5)14-15)22-16(2)9-10-17-20-13-19-18-7-6-12-28-24(18)27(3,4)25(19)29-26(20)31-23(17)22/h3*6-15H,1-5H3;6-14H,1-5H3/q4*+1. The van der Waals surface area contributed by atoms with Crippen molar-refractivity contribution in [1.82, 2.24) is 24.9 Å². The van der Waals surface area contributed by atoms with Gasteiger partial charge in [0, 0.05) is 158 Å². The molecule has 13 nitrogen and oxygen atoms in total. The molecule has 7 aromatic carbocycles. The van der Waals surface area contributed by atoms with Crippen LogP contribution in [-0.4, -0.2) is 24.9 Å². The summed E-state index contributed by atoms with van der Waals surface area (Å²) in [4.78, 5) is 24.2. The molecular weight excluding hydrogens is 1520 g/mol. The van der Waals surface area contributed by atoms with Gasteiger partial charge >= 0.3 is 0 Å². The highest BCUT2D eigenvalue weighted by Gasteiger charge is 2.44. The number of furan rings is 4. The predicted octanol–water partition coefficient (Wildman–Crippen LogP) is 25.0. The van der Waals surface area contributed by atoms with E-state index in [2.05, 4.69) is 363 Å². The van der Waals surface area contributed by atoms with Crippen LogP contribution >= 0.6 is 0 Å². The van der Waals surface area contributed by atoms with Crippen molar-refractivity contribution in [2.24, 2.45) is 28.2 Å². The number of nitrogens with zero attached hydrogens (tertiary/aromatic N) is 9. The molecule has 124 heavy (non-hydrogen) atoms. The van der Waals surface area contributed by atoms with Gasteiger partial charge in [-0.3, -0.25) is 15.0 Å². The van der Waals surface area contributed by atoms with Crippen LogP contribution in [0.3, 0.4) is 0 Å². The molecule has 0 N–H and O–H groups in total. The lowest BCUT2D eigenvalue weighted by atomic mass is 9.82. The van der Waals surface area contributed by atoms with E-state index in [4.69, 9.17) is 37.6 Å². The Labute approximate surface area is 721 Å². The Hall–Kier alpha value is -13.9. The van der Waals surface area contributed by atoms with Crippen molar-refractivity contribution in [2.75, 3.05) is 0 Å². The minimum Gasteiger partial charge on any atom is -0.455 e. The molecular formula is C111H99N9O4+4. The third-order valence-corrected chi connectivity index (χ3v) is 27.3. The second kappa shape index (κ2) is 27.8. The zero-order chi connectivity index (χ0) is 86.0. The van der Waals surface area contributed by atoms with Gasteiger partial charge in [0.15, 0.2) is 36.0 Å². The summed E-state index contributed by atoms with van der Waals surface area (Å²) in [5.41, 5.74) is 44.4. The number of rotatable bonds is 4. The average Bonchev–Trinajstić information content (AvgIpc) is 1.55. The Bertz CT molecular complexity index is 7680. The lowest BCUT2D eigenvalue weighted by molar-refractivity contribution is -0.660. The maximum Gasteiger partial charge on any atom is 0.227 e. The highest BCUT2D eigenvalue weighted by Crippen LogP contribution is 2.56. The van der Waals surface area contributed by atoms with Crippen molar-refractivity contribution < 1.29 is 35.9 Å². The normalized spacial score (nSPS) is 14.2. The molecule has 0 unspecified atom stereocenters. The summed E-state index contributed by atoms with van der Waals surface area (Å²) in [6.45, 7) is 35.1. The third-order valence-electron chi connectivity index (χ3n) is 27.3. The molecule has 0 radical (unpaired) electrons. The number of aromatic nitrogens is 9. The Morgan fingerprint density at radius 3 is 1.15 bits per heavy atom. The van der Waals surface area contributed by atoms with Crippen molar-refractivity contribution in [3.05, 3.63) is 327 Å². The van der Waals surface area contributed by atoms with E-state index in [-0.39, 0.29) is 21.7 Å². The van der Waals surface area contributed by atoms with Crippen LogP contribution in [0.5, 0.6) is 0 Å². The first-order valence-electron chi connectivity index (χ1n) is 43.0. The monoisotopic (exact) mass is 1620 g/mol. The van der Waals surface area contributed by atoms with E-state index in [0.717, 1.165) is 134 Å². The molecule has 0 fully saturated rings. The number of benzene rings is 7. The van der Waals surface area contributed by atoms with Gasteiger partial charge in [-0.15, -0.1) is 0 Å². The van der Waals surface area contributed by atoms with Crippen molar-refractivity contribution in [3.63, 3.8) is 0 Å². The van der Waals surface area contributed by atoms with Crippen LogP contribution in [0.1, 0.15) is 145 Å². The maximum atomic E-state index is 6.77. The van der Waals surface area contributed by atoms with Crippen LogP contribution in [0.15, 0.2) is 255 Å². The van der Waals surface area contributed by atoms with E-state index >= 15 is 0 Å². The van der Waals surface area contributed by atoms with Crippen LogP contribution in [0.2, 0.25) is 0 Å². The lowest BCUT2D eigenvalue weighted by Crippen LogP contribution is -2.31. The summed E-state index contributed by atoms with van der Waals surface area (Å²) in [5.74, 6) is 0. The van der Waals surface area contributed by atoms with Crippen molar-refractivity contribution in [3.8, 4) is 89.7 Å². The van der Waals surface area contributed by atoms with Crippen LogP contribution in [0.25, 0.3) is 178 Å². The van der Waals surface area contributed by atoms with E-state index < -0.39 is 0 Å². The zero-order valence-electron chi connectivity index (χ0n) is 74.2. The molecule has 4 aliphatic rings. The van der Waals surface area contributed by atoms with Gasteiger partial charge in [-0.25, -0.2) is 28.2 Å². The van der Waals surface area contributed by atoms with Gasteiger partial charge in [0.2, 0.25) is 34.2 Å². The number of aryl methyl sites for hydroxylation is 12. The molecule has 608 valence electrons. The molecule has 13 aromatic heterocycles. The van der Waals surface area contributed by atoms with Gasteiger partial charge < -0.3 is 17.7 Å².